The van der Waals surface area contributed by atoms with Crippen LogP contribution in [0.3, 0.4) is 0 Å². The number of rotatable bonds is 3. The SMILES string of the molecule is CC(C1CC1)N(C)c1ccc2nnc(C(F)(F)F)n2n1. The smallest absolute Gasteiger partial charge is 0.355 e. The molecule has 1 aliphatic rings. The van der Waals surface area contributed by atoms with Crippen LogP contribution in [-0.2, 0) is 6.18 Å². The minimum Gasteiger partial charge on any atom is -0.355 e. The molecule has 0 aliphatic heterocycles. The van der Waals surface area contributed by atoms with Crippen molar-refractivity contribution in [3.8, 4) is 0 Å². The molecule has 0 saturated heterocycles. The van der Waals surface area contributed by atoms with E-state index in [4.69, 9.17) is 0 Å². The number of alkyl halides is 3. The highest BCUT2D eigenvalue weighted by Gasteiger charge is 2.38. The van der Waals surface area contributed by atoms with Gasteiger partial charge in [0, 0.05) is 13.1 Å². The molecular weight excluding hydrogens is 271 g/mol. The monoisotopic (exact) mass is 285 g/mol. The summed E-state index contributed by atoms with van der Waals surface area (Å²) in [4.78, 5) is 1.90. The first-order chi connectivity index (χ1) is 9.38. The predicted octanol–water partition coefficient (Wildman–Crippen LogP) is 2.38. The van der Waals surface area contributed by atoms with E-state index in [1.165, 1.54) is 6.07 Å². The minimum absolute atomic E-state index is 0.0913. The molecule has 0 bridgehead atoms. The van der Waals surface area contributed by atoms with E-state index in [0.29, 0.717) is 11.7 Å². The van der Waals surface area contributed by atoms with Crippen LogP contribution >= 0.6 is 0 Å². The van der Waals surface area contributed by atoms with Crippen LogP contribution in [0.5, 0.6) is 0 Å². The van der Waals surface area contributed by atoms with Crippen LogP contribution in [0.25, 0.3) is 5.65 Å². The van der Waals surface area contributed by atoms with Crippen molar-refractivity contribution in [2.75, 3.05) is 11.9 Å². The molecule has 3 rings (SSSR count). The summed E-state index contributed by atoms with van der Waals surface area (Å²) in [7, 11) is 1.84. The molecule has 0 spiro atoms. The maximum atomic E-state index is 12.8. The zero-order chi connectivity index (χ0) is 14.5. The Morgan fingerprint density at radius 3 is 2.60 bits per heavy atom. The van der Waals surface area contributed by atoms with Crippen molar-refractivity contribution in [3.05, 3.63) is 18.0 Å². The highest BCUT2D eigenvalue weighted by molar-refractivity contribution is 5.46. The van der Waals surface area contributed by atoms with Crippen molar-refractivity contribution in [1.82, 2.24) is 19.8 Å². The molecule has 1 unspecified atom stereocenters. The average molecular weight is 285 g/mol. The molecule has 0 amide bonds. The first-order valence-corrected chi connectivity index (χ1v) is 6.40. The van der Waals surface area contributed by atoms with Gasteiger partial charge in [0.1, 0.15) is 5.82 Å². The van der Waals surface area contributed by atoms with Gasteiger partial charge in [-0.2, -0.15) is 17.7 Å². The van der Waals surface area contributed by atoms with Crippen molar-refractivity contribution in [2.45, 2.75) is 32.0 Å². The van der Waals surface area contributed by atoms with Crippen LogP contribution in [0.2, 0.25) is 0 Å². The molecule has 20 heavy (non-hydrogen) atoms. The van der Waals surface area contributed by atoms with Gasteiger partial charge in [-0.3, -0.25) is 0 Å². The topological polar surface area (TPSA) is 46.3 Å². The molecule has 0 aromatic carbocycles. The fraction of sp³-hybridized carbons (Fsp3) is 0.583. The summed E-state index contributed by atoms with van der Waals surface area (Å²) in [5.74, 6) is -0.00970. The summed E-state index contributed by atoms with van der Waals surface area (Å²) < 4.78 is 39.2. The van der Waals surface area contributed by atoms with Crippen LogP contribution in [0, 0.1) is 5.92 Å². The molecule has 0 radical (unpaired) electrons. The van der Waals surface area contributed by atoms with E-state index < -0.39 is 12.0 Å². The molecule has 2 aromatic rings. The number of fused-ring (bicyclic) bond motifs is 1. The zero-order valence-corrected chi connectivity index (χ0v) is 11.1. The fourth-order valence-electron chi connectivity index (χ4n) is 2.25. The molecule has 2 aromatic heterocycles. The third kappa shape index (κ3) is 2.19. The largest absolute Gasteiger partial charge is 0.453 e. The van der Waals surface area contributed by atoms with E-state index in [9.17, 15) is 13.2 Å². The first-order valence-electron chi connectivity index (χ1n) is 6.40. The maximum absolute atomic E-state index is 12.8. The molecule has 5 nitrogen and oxygen atoms in total. The van der Waals surface area contributed by atoms with Gasteiger partial charge in [0.15, 0.2) is 5.65 Å². The molecule has 1 fully saturated rings. The summed E-state index contributed by atoms with van der Waals surface area (Å²) >= 11 is 0. The fourth-order valence-corrected chi connectivity index (χ4v) is 2.25. The highest BCUT2D eigenvalue weighted by Crippen LogP contribution is 2.36. The Balaban J connectivity index is 2.00. The molecule has 108 valence electrons. The number of halogens is 3. The van der Waals surface area contributed by atoms with Crippen LogP contribution in [-0.4, -0.2) is 32.9 Å². The van der Waals surface area contributed by atoms with Gasteiger partial charge in [-0.1, -0.05) is 0 Å². The van der Waals surface area contributed by atoms with E-state index in [1.54, 1.807) is 6.07 Å². The molecule has 8 heteroatoms. The number of nitrogens with zero attached hydrogens (tertiary/aromatic N) is 5. The van der Waals surface area contributed by atoms with Crippen molar-refractivity contribution in [3.63, 3.8) is 0 Å². The van der Waals surface area contributed by atoms with E-state index >= 15 is 0 Å². The number of aromatic nitrogens is 4. The normalized spacial score (nSPS) is 17.4. The Morgan fingerprint density at radius 1 is 1.30 bits per heavy atom. The number of hydrogen-bond acceptors (Lipinski definition) is 4. The quantitative estimate of drug-likeness (QED) is 0.868. The second-order valence-corrected chi connectivity index (χ2v) is 5.17. The second kappa shape index (κ2) is 4.32. The number of anilines is 1. The minimum atomic E-state index is -4.56. The molecule has 1 atom stereocenters. The Kier molecular flexibility index (Phi) is 2.84. The van der Waals surface area contributed by atoms with Crippen LogP contribution in [0.1, 0.15) is 25.6 Å². The van der Waals surface area contributed by atoms with Gasteiger partial charge in [-0.05, 0) is 37.8 Å². The van der Waals surface area contributed by atoms with Gasteiger partial charge >= 0.3 is 6.18 Å². The molecule has 0 N–H and O–H groups in total. The lowest BCUT2D eigenvalue weighted by Crippen LogP contribution is -2.31. The Bertz CT molecular complexity index is 632. The van der Waals surface area contributed by atoms with Crippen LogP contribution < -0.4 is 4.90 Å². The molecule has 2 heterocycles. The lowest BCUT2D eigenvalue weighted by molar-refractivity contribution is -0.146. The highest BCUT2D eigenvalue weighted by atomic mass is 19.4. The Morgan fingerprint density at radius 2 is 2.00 bits per heavy atom. The van der Waals surface area contributed by atoms with Crippen molar-refractivity contribution < 1.29 is 13.2 Å². The second-order valence-electron chi connectivity index (χ2n) is 5.17. The van der Waals surface area contributed by atoms with Gasteiger partial charge in [-0.15, -0.1) is 15.3 Å². The van der Waals surface area contributed by atoms with Crippen molar-refractivity contribution in [1.29, 1.82) is 0 Å². The summed E-state index contributed by atoms with van der Waals surface area (Å²) in [6.45, 7) is 2.06. The summed E-state index contributed by atoms with van der Waals surface area (Å²) in [5.41, 5.74) is 0.0913. The van der Waals surface area contributed by atoms with Crippen LogP contribution in [0.15, 0.2) is 12.1 Å². The third-order valence-corrected chi connectivity index (χ3v) is 3.78. The standard InChI is InChI=1S/C12H14F3N5/c1-7(8-3-4-8)19(2)10-6-5-9-16-17-11(12(13,14)15)20(9)18-10/h5-8H,3-4H2,1-2H3. The van der Waals surface area contributed by atoms with Gasteiger partial charge in [0.2, 0.25) is 0 Å². The maximum Gasteiger partial charge on any atom is 0.453 e. The predicted molar refractivity (Wildman–Crippen MR) is 66.4 cm³/mol. The van der Waals surface area contributed by atoms with E-state index in [2.05, 4.69) is 22.2 Å². The Labute approximate surface area is 113 Å². The molecule has 1 aliphatic carbocycles. The lowest BCUT2D eigenvalue weighted by atomic mass is 10.2. The van der Waals surface area contributed by atoms with E-state index in [0.717, 1.165) is 17.4 Å². The zero-order valence-electron chi connectivity index (χ0n) is 11.1. The van der Waals surface area contributed by atoms with Crippen LogP contribution in [0.4, 0.5) is 19.0 Å². The van der Waals surface area contributed by atoms with E-state index in [-0.39, 0.29) is 11.7 Å². The van der Waals surface area contributed by atoms with Crippen molar-refractivity contribution >= 4 is 11.5 Å². The molecular formula is C12H14F3N5. The summed E-state index contributed by atoms with van der Waals surface area (Å²) in [5, 5.41) is 10.7. The first kappa shape index (κ1) is 13.1. The lowest BCUT2D eigenvalue weighted by Gasteiger charge is -2.25. The Hall–Kier alpha value is -1.86. The van der Waals surface area contributed by atoms with Crippen molar-refractivity contribution in [2.24, 2.45) is 5.92 Å². The van der Waals surface area contributed by atoms with Gasteiger partial charge in [-0.25, -0.2) is 0 Å². The number of hydrogen-bond donors (Lipinski definition) is 0. The van der Waals surface area contributed by atoms with Gasteiger partial charge in [0.25, 0.3) is 5.82 Å². The average Bonchev–Trinajstić information content (AvgIpc) is 3.14. The summed E-state index contributed by atoms with van der Waals surface area (Å²) in [6.07, 6.45) is -2.24. The van der Waals surface area contributed by atoms with E-state index in [1.807, 2.05) is 11.9 Å². The van der Waals surface area contributed by atoms with Gasteiger partial charge < -0.3 is 4.90 Å². The summed E-state index contributed by atoms with van der Waals surface area (Å²) in [6, 6.07) is 3.43. The van der Waals surface area contributed by atoms with Gasteiger partial charge in [0.05, 0.1) is 0 Å². The molecule has 1 saturated carbocycles. The third-order valence-electron chi connectivity index (χ3n) is 3.78.